The van der Waals surface area contributed by atoms with Crippen LogP contribution in [0.5, 0.6) is 0 Å². The molecule has 1 fully saturated rings. The molecule has 0 atom stereocenters. The molecule has 16 heavy (non-hydrogen) atoms. The molecule has 0 radical (unpaired) electrons. The van der Waals surface area contributed by atoms with Crippen molar-refractivity contribution >= 4 is 11.8 Å². The third kappa shape index (κ3) is 3.48. The van der Waals surface area contributed by atoms with Crippen LogP contribution < -0.4 is 5.32 Å². The number of hydrogen-bond donors (Lipinski definition) is 1. The van der Waals surface area contributed by atoms with Crippen molar-refractivity contribution in [2.24, 2.45) is 0 Å². The fourth-order valence-corrected chi connectivity index (χ4v) is 2.00. The van der Waals surface area contributed by atoms with Gasteiger partial charge in [0.05, 0.1) is 6.54 Å². The minimum Gasteiger partial charge on any atom is -0.358 e. The van der Waals surface area contributed by atoms with Gasteiger partial charge in [-0.1, -0.05) is 0 Å². The van der Waals surface area contributed by atoms with E-state index < -0.39 is 0 Å². The Labute approximate surface area is 96.8 Å². The molecule has 0 aromatic carbocycles. The zero-order valence-corrected chi connectivity index (χ0v) is 10.3. The van der Waals surface area contributed by atoms with Gasteiger partial charge in [0.2, 0.25) is 11.8 Å². The second kappa shape index (κ2) is 5.84. The molecule has 92 valence electrons. The van der Waals surface area contributed by atoms with E-state index in [9.17, 15) is 9.59 Å². The number of piperidine rings is 1. The van der Waals surface area contributed by atoms with Crippen LogP contribution in [0, 0.1) is 0 Å². The average Bonchev–Trinajstić information content (AvgIpc) is 2.28. The van der Waals surface area contributed by atoms with Crippen LogP contribution in [0.25, 0.3) is 0 Å². The van der Waals surface area contributed by atoms with Gasteiger partial charge in [-0.3, -0.25) is 14.5 Å². The summed E-state index contributed by atoms with van der Waals surface area (Å²) >= 11 is 0. The molecule has 0 aliphatic carbocycles. The topological polar surface area (TPSA) is 52.7 Å². The van der Waals surface area contributed by atoms with Gasteiger partial charge in [0.15, 0.2) is 0 Å². The third-order valence-corrected chi connectivity index (χ3v) is 3.25. The van der Waals surface area contributed by atoms with E-state index in [2.05, 4.69) is 10.2 Å². The number of carbonyl (C=O) groups excluding carboxylic acids is 2. The number of likely N-dealkylation sites (tertiary alicyclic amines) is 1. The van der Waals surface area contributed by atoms with Crippen molar-refractivity contribution in [3.8, 4) is 0 Å². The number of nitrogens with one attached hydrogen (secondary N) is 1. The standard InChI is InChI=1S/C11H21N3O2/c1-9(15)13(3)10-4-6-14(7-5-10)8-11(16)12-2/h10H,4-8H2,1-3H3,(H,12,16). The molecule has 0 unspecified atom stereocenters. The van der Waals surface area contributed by atoms with E-state index in [1.807, 2.05) is 7.05 Å². The van der Waals surface area contributed by atoms with Crippen LogP contribution in [0.3, 0.4) is 0 Å². The van der Waals surface area contributed by atoms with Crippen LogP contribution in [0.1, 0.15) is 19.8 Å². The smallest absolute Gasteiger partial charge is 0.233 e. The van der Waals surface area contributed by atoms with Crippen molar-refractivity contribution in [1.82, 2.24) is 15.1 Å². The normalized spacial score (nSPS) is 18.2. The van der Waals surface area contributed by atoms with Gasteiger partial charge in [-0.15, -0.1) is 0 Å². The molecule has 0 aromatic rings. The van der Waals surface area contributed by atoms with Crippen LogP contribution in [-0.2, 0) is 9.59 Å². The van der Waals surface area contributed by atoms with E-state index in [0.29, 0.717) is 12.6 Å². The number of rotatable bonds is 3. The van der Waals surface area contributed by atoms with Crippen LogP contribution in [0.15, 0.2) is 0 Å². The second-order valence-corrected chi connectivity index (χ2v) is 4.31. The van der Waals surface area contributed by atoms with Crippen LogP contribution in [-0.4, -0.2) is 61.4 Å². The highest BCUT2D eigenvalue weighted by Gasteiger charge is 2.24. The number of hydrogen-bond acceptors (Lipinski definition) is 3. The molecule has 1 N–H and O–H groups in total. The monoisotopic (exact) mass is 227 g/mol. The lowest BCUT2D eigenvalue weighted by Gasteiger charge is -2.35. The lowest BCUT2D eigenvalue weighted by molar-refractivity contribution is -0.131. The van der Waals surface area contributed by atoms with Crippen molar-refractivity contribution in [2.45, 2.75) is 25.8 Å². The summed E-state index contributed by atoms with van der Waals surface area (Å²) in [7, 11) is 3.50. The molecule has 1 aliphatic heterocycles. The maximum Gasteiger partial charge on any atom is 0.233 e. The van der Waals surface area contributed by atoms with Crippen LogP contribution in [0.4, 0.5) is 0 Å². The average molecular weight is 227 g/mol. The summed E-state index contributed by atoms with van der Waals surface area (Å²) in [5.74, 6) is 0.170. The first-order valence-corrected chi connectivity index (χ1v) is 5.71. The predicted molar refractivity (Wildman–Crippen MR) is 62.0 cm³/mol. The summed E-state index contributed by atoms with van der Waals surface area (Å²) in [6.45, 7) is 3.83. The van der Waals surface area contributed by atoms with E-state index in [-0.39, 0.29) is 11.8 Å². The lowest BCUT2D eigenvalue weighted by Crippen LogP contribution is -2.47. The van der Waals surface area contributed by atoms with Crippen molar-refractivity contribution < 1.29 is 9.59 Å². The minimum absolute atomic E-state index is 0.0540. The van der Waals surface area contributed by atoms with E-state index in [1.54, 1.807) is 18.9 Å². The van der Waals surface area contributed by atoms with Gasteiger partial charge < -0.3 is 10.2 Å². The minimum atomic E-state index is 0.0540. The van der Waals surface area contributed by atoms with E-state index in [0.717, 1.165) is 25.9 Å². The summed E-state index contributed by atoms with van der Waals surface area (Å²) in [5.41, 5.74) is 0. The van der Waals surface area contributed by atoms with Gasteiger partial charge in [0, 0.05) is 40.2 Å². The predicted octanol–water partition coefficient (Wildman–Crippen LogP) is -0.325. The summed E-state index contributed by atoms with van der Waals surface area (Å²) in [6.07, 6.45) is 1.90. The Morgan fingerprint density at radius 2 is 1.94 bits per heavy atom. The second-order valence-electron chi connectivity index (χ2n) is 4.31. The van der Waals surface area contributed by atoms with Crippen molar-refractivity contribution in [2.75, 3.05) is 33.7 Å². The van der Waals surface area contributed by atoms with Gasteiger partial charge in [0.1, 0.15) is 0 Å². The summed E-state index contributed by atoms with van der Waals surface area (Å²) in [5, 5.41) is 2.62. The van der Waals surface area contributed by atoms with E-state index in [1.165, 1.54) is 0 Å². The SMILES string of the molecule is CNC(=O)CN1CCC(N(C)C(C)=O)CC1. The molecule has 1 rings (SSSR count). The number of nitrogens with zero attached hydrogens (tertiary/aromatic N) is 2. The molecule has 0 spiro atoms. The third-order valence-electron chi connectivity index (χ3n) is 3.25. The number of likely N-dealkylation sites (N-methyl/N-ethyl adjacent to an activating group) is 1. The first kappa shape index (κ1) is 13.0. The maximum atomic E-state index is 11.2. The summed E-state index contributed by atoms with van der Waals surface area (Å²) in [4.78, 5) is 26.3. The van der Waals surface area contributed by atoms with Gasteiger partial charge in [-0.25, -0.2) is 0 Å². The van der Waals surface area contributed by atoms with Gasteiger partial charge in [-0.05, 0) is 12.8 Å². The van der Waals surface area contributed by atoms with Gasteiger partial charge in [-0.2, -0.15) is 0 Å². The molecule has 0 aromatic heterocycles. The Balaban J connectivity index is 2.34. The Kier molecular flexibility index (Phi) is 4.73. The highest BCUT2D eigenvalue weighted by molar-refractivity contribution is 5.77. The van der Waals surface area contributed by atoms with E-state index in [4.69, 9.17) is 0 Å². The Hall–Kier alpha value is -1.10. The Morgan fingerprint density at radius 3 is 2.38 bits per heavy atom. The number of amides is 2. The Morgan fingerprint density at radius 1 is 1.38 bits per heavy atom. The van der Waals surface area contributed by atoms with E-state index >= 15 is 0 Å². The molecule has 0 saturated carbocycles. The molecular weight excluding hydrogens is 206 g/mol. The first-order chi connectivity index (χ1) is 7.54. The fraction of sp³-hybridized carbons (Fsp3) is 0.818. The lowest BCUT2D eigenvalue weighted by atomic mass is 10.0. The highest BCUT2D eigenvalue weighted by Crippen LogP contribution is 2.14. The largest absolute Gasteiger partial charge is 0.358 e. The quantitative estimate of drug-likeness (QED) is 0.718. The van der Waals surface area contributed by atoms with Gasteiger partial charge in [0.25, 0.3) is 0 Å². The first-order valence-electron chi connectivity index (χ1n) is 5.71. The van der Waals surface area contributed by atoms with Crippen molar-refractivity contribution in [3.05, 3.63) is 0 Å². The summed E-state index contributed by atoms with van der Waals surface area (Å²) < 4.78 is 0. The molecule has 0 bridgehead atoms. The maximum absolute atomic E-state index is 11.2. The molecule has 5 nitrogen and oxygen atoms in total. The molecule has 1 saturated heterocycles. The van der Waals surface area contributed by atoms with Crippen molar-refractivity contribution in [3.63, 3.8) is 0 Å². The fourth-order valence-electron chi connectivity index (χ4n) is 2.00. The highest BCUT2D eigenvalue weighted by atomic mass is 16.2. The molecule has 5 heteroatoms. The molecular formula is C11H21N3O2. The Bertz CT molecular complexity index is 260. The number of carbonyl (C=O) groups is 2. The zero-order valence-electron chi connectivity index (χ0n) is 10.3. The van der Waals surface area contributed by atoms with Crippen LogP contribution in [0.2, 0.25) is 0 Å². The van der Waals surface area contributed by atoms with Crippen molar-refractivity contribution in [1.29, 1.82) is 0 Å². The molecule has 1 aliphatic rings. The van der Waals surface area contributed by atoms with Crippen LogP contribution >= 0.6 is 0 Å². The van der Waals surface area contributed by atoms with Gasteiger partial charge >= 0.3 is 0 Å². The molecule has 1 heterocycles. The molecule has 2 amide bonds. The summed E-state index contributed by atoms with van der Waals surface area (Å²) in [6, 6.07) is 0.332. The zero-order chi connectivity index (χ0) is 12.1.